The van der Waals surface area contributed by atoms with Crippen LogP contribution in [0.15, 0.2) is 24.3 Å². The number of piperazine rings is 1. The lowest BCUT2D eigenvalue weighted by molar-refractivity contribution is -0.130. The van der Waals surface area contributed by atoms with Gasteiger partial charge in [0.15, 0.2) is 0 Å². The van der Waals surface area contributed by atoms with Gasteiger partial charge >= 0.3 is 0 Å². The van der Waals surface area contributed by atoms with Crippen LogP contribution in [0.3, 0.4) is 0 Å². The van der Waals surface area contributed by atoms with E-state index in [4.69, 9.17) is 15.2 Å². The van der Waals surface area contributed by atoms with Crippen molar-refractivity contribution in [2.24, 2.45) is 5.73 Å². The Hall–Kier alpha value is -2.16. The van der Waals surface area contributed by atoms with E-state index in [1.54, 1.807) is 6.92 Å². The van der Waals surface area contributed by atoms with Crippen LogP contribution in [-0.2, 0) is 20.7 Å². The predicted molar refractivity (Wildman–Crippen MR) is 107 cm³/mol. The molecule has 2 rings (SSSR count). The zero-order valence-corrected chi connectivity index (χ0v) is 16.9. The molecule has 1 aromatic carbocycles. The lowest BCUT2D eigenvalue weighted by atomic mass is 10.1. The molecule has 0 bridgehead atoms. The van der Waals surface area contributed by atoms with Gasteiger partial charge in [-0.05, 0) is 24.1 Å². The Morgan fingerprint density at radius 3 is 2.46 bits per heavy atom. The van der Waals surface area contributed by atoms with Gasteiger partial charge in [-0.2, -0.15) is 0 Å². The lowest BCUT2D eigenvalue weighted by Crippen LogP contribution is -2.48. The number of ether oxygens (including phenoxy) is 2. The molecule has 8 nitrogen and oxygen atoms in total. The fraction of sp³-hybridized carbons (Fsp3) is 0.600. The van der Waals surface area contributed by atoms with Crippen molar-refractivity contribution in [3.63, 3.8) is 0 Å². The fourth-order valence-corrected chi connectivity index (χ4v) is 3.05. The largest absolute Gasteiger partial charge is 0.492 e. The molecule has 1 saturated heterocycles. The molecule has 0 radical (unpaired) electrons. The first-order valence-electron chi connectivity index (χ1n) is 9.71. The molecule has 28 heavy (non-hydrogen) atoms. The summed E-state index contributed by atoms with van der Waals surface area (Å²) in [6.45, 7) is 7.19. The van der Waals surface area contributed by atoms with Crippen LogP contribution in [0.2, 0.25) is 0 Å². The minimum absolute atomic E-state index is 0.147. The number of carbonyl (C=O) groups is 2. The third-order valence-corrected chi connectivity index (χ3v) is 4.81. The number of hydrogen-bond acceptors (Lipinski definition) is 6. The number of methoxy groups -OCH3 is 1. The standard InChI is InChI=1S/C20H32N4O4/c1-16(25)24-11-9-23(10-12-24)13-14-28-18-5-3-17(4-6-18)7-8-22-20(26)19(21)15-27-2/h3-6,19H,7-15,21H2,1-2H3,(H,22,26). The second-order valence-electron chi connectivity index (χ2n) is 6.94. The summed E-state index contributed by atoms with van der Waals surface area (Å²) in [5.74, 6) is 0.775. The fourth-order valence-electron chi connectivity index (χ4n) is 3.05. The number of rotatable bonds is 10. The molecule has 1 unspecified atom stereocenters. The third-order valence-electron chi connectivity index (χ3n) is 4.81. The van der Waals surface area contributed by atoms with Crippen LogP contribution >= 0.6 is 0 Å². The summed E-state index contributed by atoms with van der Waals surface area (Å²) in [5.41, 5.74) is 6.79. The molecule has 0 aliphatic carbocycles. The summed E-state index contributed by atoms with van der Waals surface area (Å²) in [6.07, 6.45) is 0.728. The van der Waals surface area contributed by atoms with Gasteiger partial charge in [-0.15, -0.1) is 0 Å². The highest BCUT2D eigenvalue weighted by Gasteiger charge is 2.18. The van der Waals surface area contributed by atoms with Gasteiger partial charge in [0, 0.05) is 53.3 Å². The Bertz CT molecular complexity index is 615. The maximum Gasteiger partial charge on any atom is 0.239 e. The molecule has 1 fully saturated rings. The molecule has 8 heteroatoms. The van der Waals surface area contributed by atoms with Crippen molar-refractivity contribution in [2.45, 2.75) is 19.4 Å². The molecular weight excluding hydrogens is 360 g/mol. The quantitative estimate of drug-likeness (QED) is 0.575. The second kappa shape index (κ2) is 11.6. The summed E-state index contributed by atoms with van der Waals surface area (Å²) in [7, 11) is 1.52. The number of nitrogens with one attached hydrogen (secondary N) is 1. The average molecular weight is 393 g/mol. The molecule has 1 heterocycles. The molecule has 1 atom stereocenters. The van der Waals surface area contributed by atoms with Crippen LogP contribution in [0.1, 0.15) is 12.5 Å². The third kappa shape index (κ3) is 7.46. The van der Waals surface area contributed by atoms with E-state index in [-0.39, 0.29) is 18.4 Å². The van der Waals surface area contributed by atoms with Crippen LogP contribution < -0.4 is 15.8 Å². The van der Waals surface area contributed by atoms with Crippen LogP contribution in [-0.4, -0.2) is 87.2 Å². The number of hydrogen-bond donors (Lipinski definition) is 2. The van der Waals surface area contributed by atoms with Gasteiger partial charge in [0.05, 0.1) is 6.61 Å². The molecule has 0 spiro atoms. The van der Waals surface area contributed by atoms with E-state index < -0.39 is 6.04 Å². The van der Waals surface area contributed by atoms with E-state index in [9.17, 15) is 9.59 Å². The second-order valence-corrected chi connectivity index (χ2v) is 6.94. The summed E-state index contributed by atoms with van der Waals surface area (Å²) in [4.78, 5) is 27.2. The Kier molecular flexibility index (Phi) is 9.19. The first-order valence-corrected chi connectivity index (χ1v) is 9.71. The molecule has 1 aliphatic heterocycles. The Morgan fingerprint density at radius 2 is 1.86 bits per heavy atom. The number of benzene rings is 1. The van der Waals surface area contributed by atoms with Crippen molar-refractivity contribution in [3.8, 4) is 5.75 Å². The summed E-state index contributed by atoms with van der Waals surface area (Å²) in [6, 6.07) is 7.26. The van der Waals surface area contributed by atoms with Gasteiger partial charge in [-0.3, -0.25) is 14.5 Å². The molecule has 3 N–H and O–H groups in total. The van der Waals surface area contributed by atoms with Gasteiger partial charge in [0.25, 0.3) is 0 Å². The number of amides is 2. The number of nitrogens with zero attached hydrogens (tertiary/aromatic N) is 2. The number of nitrogens with two attached hydrogens (primary N) is 1. The van der Waals surface area contributed by atoms with Gasteiger partial charge in [-0.25, -0.2) is 0 Å². The smallest absolute Gasteiger partial charge is 0.239 e. The van der Waals surface area contributed by atoms with Crippen LogP contribution in [0, 0.1) is 0 Å². The minimum Gasteiger partial charge on any atom is -0.492 e. The van der Waals surface area contributed by atoms with Crippen LogP contribution in [0.5, 0.6) is 5.75 Å². The predicted octanol–water partition coefficient (Wildman–Crippen LogP) is -0.138. The van der Waals surface area contributed by atoms with E-state index in [1.807, 2.05) is 29.2 Å². The zero-order chi connectivity index (χ0) is 20.4. The molecule has 1 aliphatic rings. The summed E-state index contributed by atoms with van der Waals surface area (Å²) in [5, 5.41) is 2.81. The highest BCUT2D eigenvalue weighted by molar-refractivity contribution is 5.81. The first-order chi connectivity index (χ1) is 13.5. The van der Waals surface area contributed by atoms with Crippen molar-refractivity contribution in [1.29, 1.82) is 0 Å². The van der Waals surface area contributed by atoms with Crippen molar-refractivity contribution in [2.75, 3.05) is 59.6 Å². The highest BCUT2D eigenvalue weighted by atomic mass is 16.5. The van der Waals surface area contributed by atoms with Crippen molar-refractivity contribution >= 4 is 11.8 Å². The van der Waals surface area contributed by atoms with Gasteiger partial charge in [0.2, 0.25) is 11.8 Å². The Morgan fingerprint density at radius 1 is 1.18 bits per heavy atom. The lowest BCUT2D eigenvalue weighted by Gasteiger charge is -2.34. The van der Waals surface area contributed by atoms with Crippen molar-refractivity contribution in [1.82, 2.24) is 15.1 Å². The van der Waals surface area contributed by atoms with Crippen LogP contribution in [0.4, 0.5) is 0 Å². The van der Waals surface area contributed by atoms with Gasteiger partial charge in [-0.1, -0.05) is 12.1 Å². The molecule has 2 amide bonds. The molecule has 0 aromatic heterocycles. The maximum absolute atomic E-state index is 11.7. The normalized spacial score (nSPS) is 15.9. The topological polar surface area (TPSA) is 97.1 Å². The van der Waals surface area contributed by atoms with Crippen molar-refractivity contribution < 1.29 is 19.1 Å². The van der Waals surface area contributed by atoms with Gasteiger partial charge in [0.1, 0.15) is 18.4 Å². The van der Waals surface area contributed by atoms with E-state index in [0.717, 1.165) is 50.5 Å². The maximum atomic E-state index is 11.7. The van der Waals surface area contributed by atoms with Crippen LogP contribution in [0.25, 0.3) is 0 Å². The molecule has 1 aromatic rings. The summed E-state index contributed by atoms with van der Waals surface area (Å²) >= 11 is 0. The Balaban J connectivity index is 1.62. The monoisotopic (exact) mass is 392 g/mol. The SMILES string of the molecule is COCC(N)C(=O)NCCc1ccc(OCCN2CCN(C(C)=O)CC2)cc1. The van der Waals surface area contributed by atoms with E-state index in [0.29, 0.717) is 13.2 Å². The minimum atomic E-state index is -0.633. The van der Waals surface area contributed by atoms with E-state index >= 15 is 0 Å². The molecular formula is C20H32N4O4. The van der Waals surface area contributed by atoms with Crippen molar-refractivity contribution in [3.05, 3.63) is 29.8 Å². The average Bonchev–Trinajstić information content (AvgIpc) is 2.69. The molecule has 156 valence electrons. The molecule has 0 saturated carbocycles. The van der Waals surface area contributed by atoms with E-state index in [1.165, 1.54) is 7.11 Å². The summed E-state index contributed by atoms with van der Waals surface area (Å²) < 4.78 is 10.7. The Labute approximate surface area is 166 Å². The van der Waals surface area contributed by atoms with Gasteiger partial charge < -0.3 is 25.4 Å². The number of carbonyl (C=O) groups excluding carboxylic acids is 2. The highest BCUT2D eigenvalue weighted by Crippen LogP contribution is 2.12. The zero-order valence-electron chi connectivity index (χ0n) is 16.9. The first kappa shape index (κ1) is 22.1. The van der Waals surface area contributed by atoms with E-state index in [2.05, 4.69) is 10.2 Å².